The predicted molar refractivity (Wildman–Crippen MR) is 123 cm³/mol. The minimum atomic E-state index is 0.260. The standard InChI is InChI=1S/C26H31N3O2/c30-26(29-11-8-23(9-12-29)22-4-2-1-3-5-22)20-28-15-13-27(14-16-28)19-21-6-7-25-24(18-21)10-17-31-25/h1-8,18H,9-17,19-20H2. The zero-order valence-corrected chi connectivity index (χ0v) is 18.1. The maximum Gasteiger partial charge on any atom is 0.237 e. The molecule has 5 heteroatoms. The van der Waals surface area contributed by atoms with E-state index in [0.717, 1.165) is 71.0 Å². The Bertz CT molecular complexity index is 948. The molecule has 2 aromatic carbocycles. The smallest absolute Gasteiger partial charge is 0.237 e. The summed E-state index contributed by atoms with van der Waals surface area (Å²) in [6.45, 7) is 7.82. The van der Waals surface area contributed by atoms with Gasteiger partial charge in [0.15, 0.2) is 0 Å². The summed E-state index contributed by atoms with van der Waals surface area (Å²) < 4.78 is 5.61. The first kappa shape index (κ1) is 20.3. The van der Waals surface area contributed by atoms with Crippen LogP contribution in [0.4, 0.5) is 0 Å². The third-order valence-corrected chi connectivity index (χ3v) is 6.69. The van der Waals surface area contributed by atoms with Gasteiger partial charge in [0.2, 0.25) is 5.91 Å². The maximum absolute atomic E-state index is 12.8. The van der Waals surface area contributed by atoms with Crippen LogP contribution in [0.2, 0.25) is 0 Å². The Labute approximate surface area is 184 Å². The summed E-state index contributed by atoms with van der Waals surface area (Å²) in [6.07, 6.45) is 4.18. The molecule has 5 nitrogen and oxygen atoms in total. The molecule has 0 radical (unpaired) electrons. The van der Waals surface area contributed by atoms with Crippen LogP contribution in [0.3, 0.4) is 0 Å². The second kappa shape index (κ2) is 9.25. The number of hydrogen-bond donors (Lipinski definition) is 0. The van der Waals surface area contributed by atoms with Gasteiger partial charge in [-0.25, -0.2) is 0 Å². The molecular weight excluding hydrogens is 386 g/mol. The fourth-order valence-electron chi connectivity index (χ4n) is 4.80. The molecule has 2 aromatic rings. The highest BCUT2D eigenvalue weighted by molar-refractivity contribution is 5.80. The fourth-order valence-corrected chi connectivity index (χ4v) is 4.80. The molecule has 3 aliphatic rings. The van der Waals surface area contributed by atoms with Crippen molar-refractivity contribution in [2.24, 2.45) is 0 Å². The van der Waals surface area contributed by atoms with E-state index in [9.17, 15) is 4.79 Å². The van der Waals surface area contributed by atoms with Gasteiger partial charge in [-0.15, -0.1) is 0 Å². The van der Waals surface area contributed by atoms with Crippen LogP contribution >= 0.6 is 0 Å². The van der Waals surface area contributed by atoms with Crippen LogP contribution in [0, 0.1) is 0 Å². The molecule has 0 N–H and O–H groups in total. The first-order valence-electron chi connectivity index (χ1n) is 11.5. The van der Waals surface area contributed by atoms with Crippen LogP contribution in [0.15, 0.2) is 54.6 Å². The van der Waals surface area contributed by atoms with Gasteiger partial charge >= 0.3 is 0 Å². The van der Waals surface area contributed by atoms with Crippen molar-refractivity contribution in [3.63, 3.8) is 0 Å². The van der Waals surface area contributed by atoms with E-state index in [1.165, 1.54) is 22.3 Å². The maximum atomic E-state index is 12.8. The van der Waals surface area contributed by atoms with Crippen molar-refractivity contribution in [2.75, 3.05) is 52.4 Å². The largest absolute Gasteiger partial charge is 0.493 e. The van der Waals surface area contributed by atoms with Gasteiger partial charge in [0.1, 0.15) is 5.75 Å². The van der Waals surface area contributed by atoms with Gasteiger partial charge in [-0.05, 0) is 34.8 Å². The van der Waals surface area contributed by atoms with Crippen molar-refractivity contribution in [2.45, 2.75) is 19.4 Å². The van der Waals surface area contributed by atoms with Crippen molar-refractivity contribution in [3.8, 4) is 5.75 Å². The van der Waals surface area contributed by atoms with Crippen LogP contribution in [-0.4, -0.2) is 73.0 Å². The van der Waals surface area contributed by atoms with Gasteiger partial charge in [-0.2, -0.15) is 0 Å². The first-order valence-corrected chi connectivity index (χ1v) is 11.5. The zero-order chi connectivity index (χ0) is 21.0. The SMILES string of the molecule is O=C(CN1CCN(Cc2ccc3c(c2)CCO3)CC1)N1CC=C(c2ccccc2)CC1. The van der Waals surface area contributed by atoms with Crippen molar-refractivity contribution in [1.29, 1.82) is 0 Å². The Balaban J connectivity index is 1.08. The molecule has 31 heavy (non-hydrogen) atoms. The second-order valence-corrected chi connectivity index (χ2v) is 8.78. The number of amides is 1. The van der Waals surface area contributed by atoms with E-state index >= 15 is 0 Å². The molecule has 1 amide bonds. The number of carbonyl (C=O) groups is 1. The van der Waals surface area contributed by atoms with Crippen molar-refractivity contribution < 1.29 is 9.53 Å². The molecule has 0 saturated carbocycles. The summed E-state index contributed by atoms with van der Waals surface area (Å²) in [6, 6.07) is 17.1. The van der Waals surface area contributed by atoms with Crippen molar-refractivity contribution >= 4 is 11.5 Å². The van der Waals surface area contributed by atoms with E-state index in [1.807, 2.05) is 11.0 Å². The van der Waals surface area contributed by atoms with E-state index < -0.39 is 0 Å². The highest BCUT2D eigenvalue weighted by atomic mass is 16.5. The van der Waals surface area contributed by atoms with Gasteiger partial charge in [-0.3, -0.25) is 14.6 Å². The number of benzene rings is 2. The number of carbonyl (C=O) groups excluding carboxylic acids is 1. The van der Waals surface area contributed by atoms with Crippen molar-refractivity contribution in [1.82, 2.24) is 14.7 Å². The summed E-state index contributed by atoms with van der Waals surface area (Å²) in [7, 11) is 0. The topological polar surface area (TPSA) is 36.0 Å². The molecule has 1 saturated heterocycles. The molecule has 0 aromatic heterocycles. The lowest BCUT2D eigenvalue weighted by Crippen LogP contribution is -2.50. The van der Waals surface area contributed by atoms with Crippen LogP contribution in [-0.2, 0) is 17.8 Å². The van der Waals surface area contributed by atoms with E-state index in [2.05, 4.69) is 58.3 Å². The minimum absolute atomic E-state index is 0.260. The van der Waals surface area contributed by atoms with Crippen LogP contribution in [0.25, 0.3) is 5.57 Å². The lowest BCUT2D eigenvalue weighted by molar-refractivity contribution is -0.132. The van der Waals surface area contributed by atoms with E-state index in [1.54, 1.807) is 0 Å². The Morgan fingerprint density at radius 3 is 2.48 bits per heavy atom. The molecule has 3 aliphatic heterocycles. The Hall–Kier alpha value is -2.63. The second-order valence-electron chi connectivity index (χ2n) is 8.78. The Morgan fingerprint density at radius 2 is 1.71 bits per heavy atom. The molecule has 162 valence electrons. The summed E-state index contributed by atoms with van der Waals surface area (Å²) >= 11 is 0. The highest BCUT2D eigenvalue weighted by Crippen LogP contribution is 2.26. The van der Waals surface area contributed by atoms with Crippen LogP contribution in [0.5, 0.6) is 5.75 Å². The number of rotatable bonds is 5. The summed E-state index contributed by atoms with van der Waals surface area (Å²) in [5.74, 6) is 1.31. The molecule has 0 aliphatic carbocycles. The lowest BCUT2D eigenvalue weighted by Gasteiger charge is -2.36. The number of nitrogens with zero attached hydrogens (tertiary/aromatic N) is 3. The number of ether oxygens (including phenoxy) is 1. The quantitative estimate of drug-likeness (QED) is 0.749. The van der Waals surface area contributed by atoms with E-state index in [4.69, 9.17) is 4.74 Å². The van der Waals surface area contributed by atoms with Gasteiger partial charge in [-0.1, -0.05) is 48.5 Å². The average Bonchev–Trinajstić information content (AvgIpc) is 3.29. The molecular formula is C26H31N3O2. The third kappa shape index (κ3) is 4.83. The highest BCUT2D eigenvalue weighted by Gasteiger charge is 2.23. The normalized spacial score (nSPS) is 19.6. The molecule has 5 rings (SSSR count). The molecule has 1 fully saturated rings. The van der Waals surface area contributed by atoms with Gasteiger partial charge in [0.05, 0.1) is 13.2 Å². The molecule has 3 heterocycles. The van der Waals surface area contributed by atoms with Crippen LogP contribution < -0.4 is 4.74 Å². The third-order valence-electron chi connectivity index (χ3n) is 6.69. The molecule has 0 unspecified atom stereocenters. The van der Waals surface area contributed by atoms with Crippen molar-refractivity contribution in [3.05, 3.63) is 71.3 Å². The van der Waals surface area contributed by atoms with Gasteiger partial charge in [0.25, 0.3) is 0 Å². The van der Waals surface area contributed by atoms with Gasteiger partial charge in [0, 0.05) is 52.2 Å². The Morgan fingerprint density at radius 1 is 0.903 bits per heavy atom. The van der Waals surface area contributed by atoms with Crippen LogP contribution in [0.1, 0.15) is 23.1 Å². The number of hydrogen-bond acceptors (Lipinski definition) is 4. The molecule has 0 bridgehead atoms. The summed E-state index contributed by atoms with van der Waals surface area (Å²) in [5.41, 5.74) is 5.34. The molecule has 0 atom stereocenters. The molecule has 0 spiro atoms. The summed E-state index contributed by atoms with van der Waals surface area (Å²) in [5, 5.41) is 0. The average molecular weight is 418 g/mol. The van der Waals surface area contributed by atoms with E-state index in [-0.39, 0.29) is 5.91 Å². The minimum Gasteiger partial charge on any atom is -0.493 e. The monoisotopic (exact) mass is 417 g/mol. The Kier molecular flexibility index (Phi) is 6.05. The van der Waals surface area contributed by atoms with Gasteiger partial charge < -0.3 is 9.64 Å². The number of piperazine rings is 1. The van der Waals surface area contributed by atoms with E-state index in [0.29, 0.717) is 6.54 Å². The lowest BCUT2D eigenvalue weighted by atomic mass is 9.99. The fraction of sp³-hybridized carbons (Fsp3) is 0.423. The predicted octanol–water partition coefficient (Wildman–Crippen LogP) is 3.06. The zero-order valence-electron chi connectivity index (χ0n) is 18.1. The first-order chi connectivity index (χ1) is 15.2. The summed E-state index contributed by atoms with van der Waals surface area (Å²) in [4.78, 5) is 19.6. The number of fused-ring (bicyclic) bond motifs is 1.